The van der Waals surface area contributed by atoms with Crippen LogP contribution in [0.3, 0.4) is 0 Å². The van der Waals surface area contributed by atoms with Gasteiger partial charge in [-0.1, -0.05) is 32.0 Å². The zero-order valence-electron chi connectivity index (χ0n) is 13.5. The van der Waals surface area contributed by atoms with Gasteiger partial charge in [0, 0.05) is 18.4 Å². The SMILES string of the molecule is CC(C)c1ccccc1NC(=O)C1=C(O)C2CNCCC2N=C1. The van der Waals surface area contributed by atoms with Gasteiger partial charge in [0.15, 0.2) is 0 Å². The number of hydrogen-bond donors (Lipinski definition) is 3. The Morgan fingerprint density at radius 3 is 2.96 bits per heavy atom. The average molecular weight is 313 g/mol. The fourth-order valence-corrected chi connectivity index (χ4v) is 3.22. The molecule has 2 aliphatic heterocycles. The van der Waals surface area contributed by atoms with Crippen LogP contribution in [0.4, 0.5) is 5.69 Å². The molecule has 0 radical (unpaired) electrons. The Balaban J connectivity index is 1.82. The highest BCUT2D eigenvalue weighted by Crippen LogP contribution is 2.28. The van der Waals surface area contributed by atoms with Crippen molar-refractivity contribution in [2.24, 2.45) is 10.9 Å². The van der Waals surface area contributed by atoms with E-state index in [1.54, 1.807) is 0 Å². The molecule has 0 aliphatic carbocycles. The third-order valence-corrected chi connectivity index (χ3v) is 4.54. The van der Waals surface area contributed by atoms with Crippen LogP contribution in [0.2, 0.25) is 0 Å². The number of anilines is 1. The van der Waals surface area contributed by atoms with Crippen LogP contribution in [0.15, 0.2) is 40.6 Å². The molecular weight excluding hydrogens is 290 g/mol. The van der Waals surface area contributed by atoms with Crippen molar-refractivity contribution in [3.63, 3.8) is 0 Å². The molecule has 5 nitrogen and oxygen atoms in total. The predicted molar refractivity (Wildman–Crippen MR) is 92.1 cm³/mol. The summed E-state index contributed by atoms with van der Waals surface area (Å²) in [6.45, 7) is 5.73. The minimum absolute atomic E-state index is 0.0794. The van der Waals surface area contributed by atoms with Crippen LogP contribution in [0.25, 0.3) is 0 Å². The lowest BCUT2D eigenvalue weighted by Gasteiger charge is -2.32. The summed E-state index contributed by atoms with van der Waals surface area (Å²) in [5.74, 6) is 0.0518. The smallest absolute Gasteiger partial charge is 0.260 e. The number of nitrogens with zero attached hydrogens (tertiary/aromatic N) is 1. The predicted octanol–water partition coefficient (Wildman–Crippen LogP) is 2.62. The maximum Gasteiger partial charge on any atom is 0.260 e. The molecule has 0 bridgehead atoms. The molecule has 1 saturated heterocycles. The molecule has 23 heavy (non-hydrogen) atoms. The summed E-state index contributed by atoms with van der Waals surface area (Å²) < 4.78 is 0. The number of aliphatic hydroxyl groups is 1. The molecule has 0 aromatic heterocycles. The fraction of sp³-hybridized carbons (Fsp3) is 0.444. The maximum atomic E-state index is 12.6. The van der Waals surface area contributed by atoms with Crippen molar-refractivity contribution < 1.29 is 9.90 Å². The van der Waals surface area contributed by atoms with Crippen molar-refractivity contribution in [2.45, 2.75) is 32.2 Å². The van der Waals surface area contributed by atoms with Crippen molar-refractivity contribution in [3.05, 3.63) is 41.2 Å². The minimum Gasteiger partial charge on any atom is -0.511 e. The van der Waals surface area contributed by atoms with Gasteiger partial charge in [0.2, 0.25) is 0 Å². The van der Waals surface area contributed by atoms with Gasteiger partial charge in [0.05, 0.1) is 17.5 Å². The average Bonchev–Trinajstić information content (AvgIpc) is 2.55. The largest absolute Gasteiger partial charge is 0.511 e. The number of nitrogens with one attached hydrogen (secondary N) is 2. The first-order valence-corrected chi connectivity index (χ1v) is 8.15. The summed E-state index contributed by atoms with van der Waals surface area (Å²) in [7, 11) is 0. The number of fused-ring (bicyclic) bond motifs is 1. The summed E-state index contributed by atoms with van der Waals surface area (Å²) in [4.78, 5) is 17.0. The summed E-state index contributed by atoms with van der Waals surface area (Å²) >= 11 is 0. The van der Waals surface area contributed by atoms with E-state index in [0.717, 1.165) is 24.2 Å². The van der Waals surface area contributed by atoms with Crippen molar-refractivity contribution >= 4 is 17.8 Å². The summed E-state index contributed by atoms with van der Waals surface area (Å²) in [6.07, 6.45) is 2.41. The quantitative estimate of drug-likeness (QED) is 0.803. The minimum atomic E-state index is -0.302. The molecule has 122 valence electrons. The van der Waals surface area contributed by atoms with Gasteiger partial charge >= 0.3 is 0 Å². The lowest BCUT2D eigenvalue weighted by molar-refractivity contribution is -0.112. The standard InChI is InChI=1S/C18H23N3O2/c1-11(2)12-5-3-4-6-16(12)21-18(23)14-10-20-15-7-8-19-9-13(15)17(14)22/h3-6,10-11,13,15,19,22H,7-9H2,1-2H3,(H,21,23). The number of aliphatic imine (C=N–C) groups is 1. The fourth-order valence-electron chi connectivity index (χ4n) is 3.22. The number of para-hydroxylation sites is 1. The molecule has 5 heteroatoms. The van der Waals surface area contributed by atoms with Crippen molar-refractivity contribution in [1.82, 2.24) is 5.32 Å². The van der Waals surface area contributed by atoms with Gasteiger partial charge in [-0.3, -0.25) is 9.79 Å². The number of aliphatic hydroxyl groups excluding tert-OH is 1. The Kier molecular flexibility index (Phi) is 4.48. The lowest BCUT2D eigenvalue weighted by Crippen LogP contribution is -2.42. The first-order chi connectivity index (χ1) is 11.1. The normalized spacial score (nSPS) is 23.8. The van der Waals surface area contributed by atoms with E-state index in [1.165, 1.54) is 6.21 Å². The third kappa shape index (κ3) is 3.15. The number of benzene rings is 1. The van der Waals surface area contributed by atoms with Gasteiger partial charge in [-0.25, -0.2) is 0 Å². The molecule has 1 aromatic carbocycles. The van der Waals surface area contributed by atoms with E-state index < -0.39 is 0 Å². The van der Waals surface area contributed by atoms with E-state index in [0.29, 0.717) is 12.5 Å². The highest BCUT2D eigenvalue weighted by atomic mass is 16.3. The van der Waals surface area contributed by atoms with Gasteiger partial charge in [-0.2, -0.15) is 0 Å². The van der Waals surface area contributed by atoms with E-state index in [9.17, 15) is 9.90 Å². The van der Waals surface area contributed by atoms with Crippen LogP contribution in [0.5, 0.6) is 0 Å². The Hall–Kier alpha value is -2.14. The molecule has 2 atom stereocenters. The van der Waals surface area contributed by atoms with Crippen LogP contribution >= 0.6 is 0 Å². The number of hydrogen-bond acceptors (Lipinski definition) is 4. The van der Waals surface area contributed by atoms with Crippen LogP contribution in [0.1, 0.15) is 31.7 Å². The zero-order valence-corrected chi connectivity index (χ0v) is 13.5. The molecule has 1 aromatic rings. The van der Waals surface area contributed by atoms with Crippen LogP contribution < -0.4 is 10.6 Å². The van der Waals surface area contributed by atoms with Crippen LogP contribution in [-0.2, 0) is 4.79 Å². The van der Waals surface area contributed by atoms with Crippen molar-refractivity contribution in [3.8, 4) is 0 Å². The first kappa shape index (κ1) is 15.7. The Labute approximate surface area is 136 Å². The Bertz CT molecular complexity index is 664. The topological polar surface area (TPSA) is 73.7 Å². The van der Waals surface area contributed by atoms with E-state index in [4.69, 9.17) is 0 Å². The molecule has 0 spiro atoms. The van der Waals surface area contributed by atoms with Gasteiger partial charge < -0.3 is 15.7 Å². The maximum absolute atomic E-state index is 12.6. The molecule has 2 unspecified atom stereocenters. The summed E-state index contributed by atoms with van der Waals surface area (Å²) in [5.41, 5.74) is 2.13. The number of rotatable bonds is 3. The van der Waals surface area contributed by atoms with Gasteiger partial charge in [0.25, 0.3) is 5.91 Å². The second-order valence-corrected chi connectivity index (χ2v) is 6.44. The Morgan fingerprint density at radius 2 is 2.17 bits per heavy atom. The van der Waals surface area contributed by atoms with Gasteiger partial charge in [-0.05, 0) is 30.5 Å². The van der Waals surface area contributed by atoms with Crippen LogP contribution in [0, 0.1) is 5.92 Å². The van der Waals surface area contributed by atoms with E-state index in [1.807, 2.05) is 24.3 Å². The van der Waals surface area contributed by atoms with Gasteiger partial charge in [0.1, 0.15) is 5.76 Å². The second-order valence-electron chi connectivity index (χ2n) is 6.44. The second kappa shape index (κ2) is 6.54. The van der Waals surface area contributed by atoms with Crippen LogP contribution in [-0.4, -0.2) is 36.4 Å². The monoisotopic (exact) mass is 313 g/mol. The molecule has 0 saturated carbocycles. The van der Waals surface area contributed by atoms with E-state index >= 15 is 0 Å². The van der Waals surface area contributed by atoms with Crippen molar-refractivity contribution in [1.29, 1.82) is 0 Å². The first-order valence-electron chi connectivity index (χ1n) is 8.15. The third-order valence-electron chi connectivity index (χ3n) is 4.54. The number of carbonyl (C=O) groups is 1. The molecule has 2 heterocycles. The molecule has 3 rings (SSSR count). The highest BCUT2D eigenvalue weighted by Gasteiger charge is 2.33. The summed E-state index contributed by atoms with van der Waals surface area (Å²) in [6, 6.07) is 7.82. The molecule has 3 N–H and O–H groups in total. The number of amides is 1. The lowest BCUT2D eigenvalue weighted by atomic mass is 9.87. The molecule has 1 amide bonds. The number of piperidine rings is 1. The molecule has 1 fully saturated rings. The van der Waals surface area contributed by atoms with E-state index in [2.05, 4.69) is 29.5 Å². The zero-order chi connectivity index (χ0) is 16.4. The highest BCUT2D eigenvalue weighted by molar-refractivity contribution is 6.18. The molecular formula is C18H23N3O2. The number of carbonyl (C=O) groups excluding carboxylic acids is 1. The summed E-state index contributed by atoms with van der Waals surface area (Å²) in [5, 5.41) is 16.6. The van der Waals surface area contributed by atoms with Gasteiger partial charge in [-0.15, -0.1) is 0 Å². The molecule has 2 aliphatic rings. The van der Waals surface area contributed by atoms with E-state index in [-0.39, 0.29) is 29.2 Å². The number of dihydropyridines is 1. The Morgan fingerprint density at radius 1 is 1.39 bits per heavy atom. The van der Waals surface area contributed by atoms with Crippen molar-refractivity contribution in [2.75, 3.05) is 18.4 Å².